The highest BCUT2D eigenvalue weighted by molar-refractivity contribution is 7.15. The monoisotopic (exact) mass is 330 g/mol. The van der Waals surface area contributed by atoms with Gasteiger partial charge in [-0.1, -0.05) is 29.5 Å². The fourth-order valence-corrected chi connectivity index (χ4v) is 3.10. The lowest BCUT2D eigenvalue weighted by atomic mass is 10.1. The van der Waals surface area contributed by atoms with E-state index in [9.17, 15) is 9.59 Å². The quantitative estimate of drug-likeness (QED) is 0.852. The van der Waals surface area contributed by atoms with Crippen LogP contribution in [-0.2, 0) is 4.79 Å². The highest BCUT2D eigenvalue weighted by atomic mass is 32.1. The second-order valence-electron chi connectivity index (χ2n) is 5.59. The van der Waals surface area contributed by atoms with Gasteiger partial charge in [-0.05, 0) is 31.4 Å². The van der Waals surface area contributed by atoms with Crippen molar-refractivity contribution in [3.8, 4) is 0 Å². The number of nitrogens with zero attached hydrogens (tertiary/aromatic N) is 2. The Hall–Kier alpha value is -2.28. The van der Waals surface area contributed by atoms with Crippen LogP contribution in [-0.4, -0.2) is 28.6 Å². The van der Waals surface area contributed by atoms with Crippen molar-refractivity contribution in [3.05, 3.63) is 40.4 Å². The molecule has 0 saturated heterocycles. The second-order valence-corrected chi connectivity index (χ2v) is 6.60. The Morgan fingerprint density at radius 1 is 1.26 bits per heavy atom. The van der Waals surface area contributed by atoms with Crippen LogP contribution in [0.1, 0.15) is 46.1 Å². The Morgan fingerprint density at radius 2 is 2.04 bits per heavy atom. The van der Waals surface area contributed by atoms with Gasteiger partial charge in [-0.15, -0.1) is 10.2 Å². The first kappa shape index (κ1) is 15.6. The summed E-state index contributed by atoms with van der Waals surface area (Å²) in [6.45, 7) is 2.17. The molecule has 1 aliphatic carbocycles. The Labute approximate surface area is 138 Å². The number of benzene rings is 1. The maximum absolute atomic E-state index is 12.0. The van der Waals surface area contributed by atoms with E-state index in [0.717, 1.165) is 23.4 Å². The number of anilines is 1. The molecule has 23 heavy (non-hydrogen) atoms. The minimum Gasteiger partial charge on any atom is -0.352 e. The Morgan fingerprint density at radius 3 is 2.78 bits per heavy atom. The van der Waals surface area contributed by atoms with Crippen LogP contribution in [0.25, 0.3) is 0 Å². The van der Waals surface area contributed by atoms with E-state index in [0.29, 0.717) is 16.6 Å². The minimum atomic E-state index is -0.173. The average molecular weight is 330 g/mol. The van der Waals surface area contributed by atoms with Crippen LogP contribution >= 0.6 is 11.3 Å². The van der Waals surface area contributed by atoms with Gasteiger partial charge < -0.3 is 10.6 Å². The lowest BCUT2D eigenvalue weighted by Gasteiger charge is -2.07. The zero-order valence-electron chi connectivity index (χ0n) is 12.8. The Bertz CT molecular complexity index is 724. The lowest BCUT2D eigenvalue weighted by Crippen LogP contribution is -2.28. The zero-order chi connectivity index (χ0) is 16.2. The summed E-state index contributed by atoms with van der Waals surface area (Å²) in [7, 11) is 0. The molecule has 0 spiro atoms. The maximum Gasteiger partial charge on any atom is 0.251 e. The number of hydrogen-bond donors (Lipinski definition) is 2. The first-order valence-corrected chi connectivity index (χ1v) is 8.42. The summed E-state index contributed by atoms with van der Waals surface area (Å²) in [6.07, 6.45) is 2.52. The molecule has 0 aliphatic heterocycles. The highest BCUT2D eigenvalue weighted by Crippen LogP contribution is 2.41. The van der Waals surface area contributed by atoms with Gasteiger partial charge in [0, 0.05) is 24.4 Å². The lowest BCUT2D eigenvalue weighted by molar-refractivity contribution is -0.116. The number of nitrogens with one attached hydrogen (secondary N) is 2. The summed E-state index contributed by atoms with van der Waals surface area (Å²) < 4.78 is 0. The van der Waals surface area contributed by atoms with E-state index in [2.05, 4.69) is 20.8 Å². The van der Waals surface area contributed by atoms with Crippen molar-refractivity contribution in [3.63, 3.8) is 0 Å². The van der Waals surface area contributed by atoms with Gasteiger partial charge in [-0.2, -0.15) is 0 Å². The van der Waals surface area contributed by atoms with Gasteiger partial charge in [-0.25, -0.2) is 0 Å². The molecule has 0 radical (unpaired) electrons. The van der Waals surface area contributed by atoms with Crippen LogP contribution in [0.5, 0.6) is 0 Å². The second kappa shape index (κ2) is 6.87. The number of hydrogen-bond acceptors (Lipinski definition) is 5. The van der Waals surface area contributed by atoms with Crippen LogP contribution < -0.4 is 10.6 Å². The van der Waals surface area contributed by atoms with Crippen LogP contribution in [0.2, 0.25) is 0 Å². The molecule has 6 nitrogen and oxygen atoms in total. The molecular weight excluding hydrogens is 312 g/mol. The van der Waals surface area contributed by atoms with Crippen LogP contribution in [0.15, 0.2) is 24.3 Å². The van der Waals surface area contributed by atoms with Crippen LogP contribution in [0.3, 0.4) is 0 Å². The van der Waals surface area contributed by atoms with Crippen molar-refractivity contribution >= 4 is 28.3 Å². The molecule has 2 aromatic rings. The first-order chi connectivity index (χ1) is 11.1. The minimum absolute atomic E-state index is 0.164. The van der Waals surface area contributed by atoms with Gasteiger partial charge in [-0.3, -0.25) is 9.59 Å². The van der Waals surface area contributed by atoms with Crippen molar-refractivity contribution in [2.75, 3.05) is 11.9 Å². The van der Waals surface area contributed by atoms with Gasteiger partial charge in [0.25, 0.3) is 5.91 Å². The smallest absolute Gasteiger partial charge is 0.251 e. The van der Waals surface area contributed by atoms with Gasteiger partial charge in [0.05, 0.1) is 0 Å². The van der Waals surface area contributed by atoms with Crippen molar-refractivity contribution in [2.45, 2.75) is 32.1 Å². The van der Waals surface area contributed by atoms with Crippen molar-refractivity contribution in [1.29, 1.82) is 0 Å². The standard InChI is InChI=1S/C16H18N4O2S/c1-10-4-2-3-5-12(10)14(22)17-9-8-13(21)18-16-20-19-15(23-16)11-6-7-11/h2-5,11H,6-9H2,1H3,(H,17,22)(H,18,20,21). The topological polar surface area (TPSA) is 84.0 Å². The van der Waals surface area contributed by atoms with Gasteiger partial charge in [0.15, 0.2) is 0 Å². The summed E-state index contributed by atoms with van der Waals surface area (Å²) in [5.41, 5.74) is 1.54. The average Bonchev–Trinajstić information content (AvgIpc) is 3.28. The molecule has 1 aromatic carbocycles. The van der Waals surface area contributed by atoms with E-state index in [-0.39, 0.29) is 24.8 Å². The van der Waals surface area contributed by atoms with E-state index in [1.54, 1.807) is 6.07 Å². The molecule has 120 valence electrons. The molecule has 1 fully saturated rings. The molecular formula is C16H18N4O2S. The summed E-state index contributed by atoms with van der Waals surface area (Å²) in [5.74, 6) is 0.197. The molecule has 1 saturated carbocycles. The molecule has 0 bridgehead atoms. The van der Waals surface area contributed by atoms with E-state index in [4.69, 9.17) is 0 Å². The number of amides is 2. The number of rotatable bonds is 6. The van der Waals surface area contributed by atoms with Crippen molar-refractivity contribution in [1.82, 2.24) is 15.5 Å². The Balaban J connectivity index is 1.43. The predicted molar refractivity (Wildman–Crippen MR) is 88.6 cm³/mol. The third-order valence-corrected chi connectivity index (χ3v) is 4.64. The molecule has 1 heterocycles. The molecule has 1 aromatic heterocycles. The van der Waals surface area contributed by atoms with E-state index < -0.39 is 0 Å². The normalized spacial score (nSPS) is 13.6. The number of aryl methyl sites for hydroxylation is 1. The first-order valence-electron chi connectivity index (χ1n) is 7.60. The Kier molecular flexibility index (Phi) is 4.66. The van der Waals surface area contributed by atoms with E-state index in [1.807, 2.05) is 25.1 Å². The van der Waals surface area contributed by atoms with Gasteiger partial charge in [0.2, 0.25) is 11.0 Å². The largest absolute Gasteiger partial charge is 0.352 e. The van der Waals surface area contributed by atoms with E-state index >= 15 is 0 Å². The molecule has 0 atom stereocenters. The van der Waals surface area contributed by atoms with Gasteiger partial charge >= 0.3 is 0 Å². The number of carbonyl (C=O) groups excluding carboxylic acids is 2. The van der Waals surface area contributed by atoms with Crippen LogP contribution in [0.4, 0.5) is 5.13 Å². The molecule has 3 rings (SSSR count). The highest BCUT2D eigenvalue weighted by Gasteiger charge is 2.27. The summed E-state index contributed by atoms with van der Waals surface area (Å²) >= 11 is 1.43. The SMILES string of the molecule is Cc1ccccc1C(=O)NCCC(=O)Nc1nnc(C2CC2)s1. The molecule has 2 amide bonds. The predicted octanol–water partition coefficient (Wildman–Crippen LogP) is 2.48. The van der Waals surface area contributed by atoms with Crippen molar-refractivity contribution in [2.24, 2.45) is 0 Å². The summed E-state index contributed by atoms with van der Waals surface area (Å²) in [5, 5.41) is 15.0. The fourth-order valence-electron chi connectivity index (χ4n) is 2.17. The van der Waals surface area contributed by atoms with E-state index in [1.165, 1.54) is 11.3 Å². The van der Waals surface area contributed by atoms with Crippen molar-refractivity contribution < 1.29 is 9.59 Å². The maximum atomic E-state index is 12.0. The molecule has 7 heteroatoms. The van der Waals surface area contributed by atoms with Gasteiger partial charge in [0.1, 0.15) is 5.01 Å². The molecule has 0 unspecified atom stereocenters. The number of carbonyl (C=O) groups is 2. The third kappa shape index (κ3) is 4.13. The summed E-state index contributed by atoms with van der Waals surface area (Å²) in [4.78, 5) is 23.9. The molecule has 2 N–H and O–H groups in total. The number of aromatic nitrogens is 2. The molecule has 1 aliphatic rings. The fraction of sp³-hybridized carbons (Fsp3) is 0.375. The summed E-state index contributed by atoms with van der Waals surface area (Å²) in [6, 6.07) is 7.36. The third-order valence-electron chi connectivity index (χ3n) is 3.64. The zero-order valence-corrected chi connectivity index (χ0v) is 13.7. The van der Waals surface area contributed by atoms with Crippen LogP contribution in [0, 0.1) is 6.92 Å².